The first-order valence-electron chi connectivity index (χ1n) is 10.8. The van der Waals surface area contributed by atoms with Crippen LogP contribution in [-0.2, 0) is 17.6 Å². The smallest absolute Gasteiger partial charge is 0.261 e. The van der Waals surface area contributed by atoms with Crippen molar-refractivity contribution in [1.29, 1.82) is 0 Å². The molecular weight excluding hydrogens is 422 g/mol. The molecule has 0 aliphatic carbocycles. The summed E-state index contributed by atoms with van der Waals surface area (Å²) >= 11 is 1.35. The highest BCUT2D eigenvalue weighted by atomic mass is 32.1. The zero-order valence-corrected chi connectivity index (χ0v) is 18.6. The first-order valence-corrected chi connectivity index (χ1v) is 11.7. The van der Waals surface area contributed by atoms with E-state index in [4.69, 9.17) is 0 Å². The van der Waals surface area contributed by atoms with Crippen LogP contribution in [0.1, 0.15) is 20.8 Å². The molecule has 1 aliphatic heterocycles. The zero-order chi connectivity index (χ0) is 22.3. The van der Waals surface area contributed by atoms with Crippen molar-refractivity contribution in [3.05, 3.63) is 82.0 Å². The molecule has 1 unspecified atom stereocenters. The molecule has 2 heterocycles. The number of phenolic OH excluding ortho intramolecular Hbond substituents is 1. The number of rotatable bonds is 8. The molecule has 2 aromatic carbocycles. The number of nitrogens with one attached hydrogen (secondary N) is 2. The maximum absolute atomic E-state index is 13.4. The van der Waals surface area contributed by atoms with Crippen LogP contribution < -0.4 is 15.5 Å². The second-order valence-corrected chi connectivity index (χ2v) is 8.83. The van der Waals surface area contributed by atoms with Gasteiger partial charge < -0.3 is 20.6 Å². The summed E-state index contributed by atoms with van der Waals surface area (Å²) in [5.41, 5.74) is 2.93. The molecule has 0 saturated carbocycles. The van der Waals surface area contributed by atoms with Gasteiger partial charge in [0.05, 0.1) is 10.9 Å². The lowest BCUT2D eigenvalue weighted by Crippen LogP contribution is -2.45. The van der Waals surface area contributed by atoms with E-state index in [0.717, 1.165) is 43.0 Å². The minimum Gasteiger partial charge on any atom is -0.508 e. The number of aromatic hydroxyl groups is 1. The van der Waals surface area contributed by atoms with Gasteiger partial charge in [-0.25, -0.2) is 0 Å². The first kappa shape index (κ1) is 22.0. The van der Waals surface area contributed by atoms with Gasteiger partial charge in [-0.15, -0.1) is 11.3 Å². The predicted octanol–water partition coefficient (Wildman–Crippen LogP) is 3.02. The van der Waals surface area contributed by atoms with Gasteiger partial charge in [-0.3, -0.25) is 9.59 Å². The topological polar surface area (TPSA) is 81.7 Å². The average molecular weight is 450 g/mol. The average Bonchev–Trinajstić information content (AvgIpc) is 3.36. The van der Waals surface area contributed by atoms with Crippen LogP contribution in [0.4, 0.5) is 5.69 Å². The number of anilines is 1. The van der Waals surface area contributed by atoms with Crippen molar-refractivity contribution >= 4 is 28.7 Å². The van der Waals surface area contributed by atoms with Crippen LogP contribution in [-0.4, -0.2) is 49.0 Å². The Bertz CT molecular complexity index is 1040. The maximum Gasteiger partial charge on any atom is 0.261 e. The van der Waals surface area contributed by atoms with Crippen LogP contribution in [0.3, 0.4) is 0 Å². The van der Waals surface area contributed by atoms with Gasteiger partial charge in [0.15, 0.2) is 5.78 Å². The Morgan fingerprint density at radius 1 is 1.03 bits per heavy atom. The Labute approximate surface area is 191 Å². The number of hydrogen-bond acceptors (Lipinski definition) is 6. The minimum absolute atomic E-state index is 0.0365. The standard InChI is InChI=1S/C25H27N3O3S/c29-20-9-7-18(8-10-20)16-21(27-25(31)24-6-3-15-32-24)23(30)17-19-4-1-2-5-22(19)28-13-11-26-12-14-28/h1-10,15,21,26,29H,11-14,16-17H2,(H,27,31). The summed E-state index contributed by atoms with van der Waals surface area (Å²) in [7, 11) is 0. The fourth-order valence-corrected chi connectivity index (χ4v) is 4.56. The number of Topliss-reactive ketones (excluding diaryl/α,β-unsaturated/α-hetero) is 1. The Morgan fingerprint density at radius 3 is 2.50 bits per heavy atom. The van der Waals surface area contributed by atoms with Gasteiger partial charge in [-0.2, -0.15) is 0 Å². The molecule has 3 N–H and O–H groups in total. The molecule has 1 aromatic heterocycles. The third kappa shape index (κ3) is 5.55. The summed E-state index contributed by atoms with van der Waals surface area (Å²) in [4.78, 5) is 29.0. The Kier molecular flexibility index (Phi) is 7.19. The number of amides is 1. The number of ketones is 1. The van der Waals surface area contributed by atoms with Gasteiger partial charge >= 0.3 is 0 Å². The number of phenols is 1. The molecular formula is C25H27N3O3S. The quantitative estimate of drug-likeness (QED) is 0.493. The van der Waals surface area contributed by atoms with Crippen molar-refractivity contribution < 1.29 is 14.7 Å². The SMILES string of the molecule is O=C(NC(Cc1ccc(O)cc1)C(=O)Cc1ccccc1N1CCNCC1)c1cccs1. The van der Waals surface area contributed by atoms with Gasteiger partial charge in [-0.05, 0) is 47.2 Å². The Balaban J connectivity index is 1.54. The van der Waals surface area contributed by atoms with E-state index in [1.807, 2.05) is 29.6 Å². The molecule has 3 aromatic rings. The summed E-state index contributed by atoms with van der Waals surface area (Å²) in [6, 6.07) is 17.7. The van der Waals surface area contributed by atoms with Crippen LogP contribution in [0.25, 0.3) is 0 Å². The fourth-order valence-electron chi connectivity index (χ4n) is 3.94. The molecule has 0 bridgehead atoms. The van der Waals surface area contributed by atoms with Crippen molar-refractivity contribution in [2.45, 2.75) is 18.9 Å². The summed E-state index contributed by atoms with van der Waals surface area (Å²) in [5, 5.41) is 17.7. The number of carbonyl (C=O) groups excluding carboxylic acids is 2. The molecule has 32 heavy (non-hydrogen) atoms. The summed E-state index contributed by atoms with van der Waals surface area (Å²) < 4.78 is 0. The van der Waals surface area contributed by atoms with Crippen molar-refractivity contribution in [3.63, 3.8) is 0 Å². The summed E-state index contributed by atoms with van der Waals surface area (Å²) in [5.74, 6) is -0.109. The number of hydrogen-bond donors (Lipinski definition) is 3. The monoisotopic (exact) mass is 449 g/mol. The van der Waals surface area contributed by atoms with Crippen molar-refractivity contribution in [3.8, 4) is 5.75 Å². The van der Waals surface area contributed by atoms with Gasteiger partial charge in [-0.1, -0.05) is 36.4 Å². The molecule has 1 atom stereocenters. The number of nitrogens with zero attached hydrogens (tertiary/aromatic N) is 1. The van der Waals surface area contributed by atoms with Gasteiger partial charge in [0, 0.05) is 38.3 Å². The number of para-hydroxylation sites is 1. The predicted molar refractivity (Wildman–Crippen MR) is 128 cm³/mol. The van der Waals surface area contributed by atoms with E-state index in [0.29, 0.717) is 11.3 Å². The van der Waals surface area contributed by atoms with Crippen LogP contribution in [0.5, 0.6) is 5.75 Å². The highest BCUT2D eigenvalue weighted by Crippen LogP contribution is 2.23. The van der Waals surface area contributed by atoms with Crippen LogP contribution in [0.15, 0.2) is 66.0 Å². The maximum atomic E-state index is 13.4. The van der Waals surface area contributed by atoms with Gasteiger partial charge in [0.1, 0.15) is 5.75 Å². The van der Waals surface area contributed by atoms with E-state index in [1.54, 1.807) is 30.3 Å². The molecule has 1 amide bonds. The van der Waals surface area contributed by atoms with E-state index >= 15 is 0 Å². The second-order valence-electron chi connectivity index (χ2n) is 7.88. The van der Waals surface area contributed by atoms with Crippen LogP contribution >= 0.6 is 11.3 Å². The third-order valence-corrected chi connectivity index (χ3v) is 6.50. The Morgan fingerprint density at radius 2 is 1.78 bits per heavy atom. The highest BCUT2D eigenvalue weighted by Gasteiger charge is 2.24. The summed E-state index contributed by atoms with van der Waals surface area (Å²) in [6.07, 6.45) is 0.611. The lowest BCUT2D eigenvalue weighted by atomic mass is 9.96. The lowest BCUT2D eigenvalue weighted by molar-refractivity contribution is -0.120. The minimum atomic E-state index is -0.662. The molecule has 7 heteroatoms. The number of benzene rings is 2. The molecule has 0 spiro atoms. The van der Waals surface area contributed by atoms with E-state index < -0.39 is 6.04 Å². The second kappa shape index (κ2) is 10.4. The fraction of sp³-hybridized carbons (Fsp3) is 0.280. The molecule has 1 aliphatic rings. The van der Waals surface area contributed by atoms with E-state index in [-0.39, 0.29) is 23.9 Å². The third-order valence-electron chi connectivity index (χ3n) is 5.63. The lowest BCUT2D eigenvalue weighted by Gasteiger charge is -2.31. The van der Waals surface area contributed by atoms with Crippen molar-refractivity contribution in [1.82, 2.24) is 10.6 Å². The van der Waals surface area contributed by atoms with Crippen LogP contribution in [0, 0.1) is 0 Å². The molecule has 4 rings (SSSR count). The van der Waals surface area contributed by atoms with Crippen molar-refractivity contribution in [2.75, 3.05) is 31.1 Å². The number of thiophene rings is 1. The van der Waals surface area contributed by atoms with Crippen LogP contribution in [0.2, 0.25) is 0 Å². The molecule has 0 radical (unpaired) electrons. The van der Waals surface area contributed by atoms with E-state index in [1.165, 1.54) is 11.3 Å². The number of carbonyl (C=O) groups is 2. The molecule has 1 fully saturated rings. The first-order chi connectivity index (χ1) is 15.6. The zero-order valence-electron chi connectivity index (χ0n) is 17.8. The normalized spacial score (nSPS) is 14.7. The largest absolute Gasteiger partial charge is 0.508 e. The van der Waals surface area contributed by atoms with Crippen molar-refractivity contribution in [2.24, 2.45) is 0 Å². The van der Waals surface area contributed by atoms with E-state index in [9.17, 15) is 14.7 Å². The summed E-state index contributed by atoms with van der Waals surface area (Å²) in [6.45, 7) is 3.64. The molecule has 1 saturated heterocycles. The Hall–Kier alpha value is -3.16. The molecule has 166 valence electrons. The van der Waals surface area contributed by atoms with E-state index in [2.05, 4.69) is 21.6 Å². The van der Waals surface area contributed by atoms with Gasteiger partial charge in [0.25, 0.3) is 5.91 Å². The molecule has 6 nitrogen and oxygen atoms in total. The van der Waals surface area contributed by atoms with Gasteiger partial charge in [0.2, 0.25) is 0 Å². The highest BCUT2D eigenvalue weighted by molar-refractivity contribution is 7.12. The number of piperazine rings is 1.